The highest BCUT2D eigenvalue weighted by molar-refractivity contribution is 5.85. The lowest BCUT2D eigenvalue weighted by Crippen LogP contribution is -1.73. The Bertz CT molecular complexity index is 494. The Kier molecular flexibility index (Phi) is 2.14. The van der Waals surface area contributed by atoms with Crippen LogP contribution in [0.4, 0.5) is 0 Å². The fourth-order valence-corrected chi connectivity index (χ4v) is 1.48. The average molecular weight is 185 g/mol. The molecule has 0 spiro atoms. The van der Waals surface area contributed by atoms with Crippen molar-refractivity contribution < 1.29 is 0 Å². The average Bonchev–Trinajstić information content (AvgIpc) is 2.54. The molecule has 2 aromatic rings. The Morgan fingerprint density at radius 1 is 1.57 bits per heavy atom. The van der Waals surface area contributed by atoms with Crippen LogP contribution in [0.5, 0.6) is 0 Å². The highest BCUT2D eigenvalue weighted by Gasteiger charge is 2.03. The van der Waals surface area contributed by atoms with Gasteiger partial charge >= 0.3 is 0 Å². The minimum atomic E-state index is 1.06. The zero-order chi connectivity index (χ0) is 9.97. The van der Waals surface area contributed by atoms with Crippen LogP contribution in [0.25, 0.3) is 17.0 Å². The second-order valence-electron chi connectivity index (χ2n) is 3.08. The van der Waals surface area contributed by atoms with Gasteiger partial charge in [-0.1, -0.05) is 0 Å². The van der Waals surface area contributed by atoms with E-state index in [0.29, 0.717) is 0 Å². The van der Waals surface area contributed by atoms with Crippen molar-refractivity contribution in [2.45, 2.75) is 6.92 Å². The molecule has 0 fully saturated rings. The summed E-state index contributed by atoms with van der Waals surface area (Å²) in [5, 5.41) is 1.15. The Labute approximate surface area is 82.2 Å². The summed E-state index contributed by atoms with van der Waals surface area (Å²) in [5.41, 5.74) is 3.34. The van der Waals surface area contributed by atoms with Crippen molar-refractivity contribution in [3.63, 3.8) is 0 Å². The van der Waals surface area contributed by atoms with Crippen molar-refractivity contribution in [2.75, 3.05) is 0 Å². The zero-order valence-corrected chi connectivity index (χ0v) is 7.99. The van der Waals surface area contributed by atoms with Gasteiger partial charge in [-0.25, -0.2) is 0 Å². The van der Waals surface area contributed by atoms with Crippen LogP contribution in [0.1, 0.15) is 11.3 Å². The lowest BCUT2D eigenvalue weighted by Gasteiger charge is -1.88. The maximum Gasteiger partial charge on any atom is 0.0492 e. The Hall–Kier alpha value is -1.90. The number of aromatic nitrogens is 2. The molecule has 0 saturated heterocycles. The molecule has 0 saturated carbocycles. The molecule has 2 heterocycles. The molecule has 0 aliphatic rings. The molecule has 0 radical (unpaired) electrons. The Morgan fingerprint density at radius 3 is 3.14 bits per heavy atom. The highest BCUT2D eigenvalue weighted by Crippen LogP contribution is 2.20. The van der Waals surface area contributed by atoms with Gasteiger partial charge in [0.1, 0.15) is 0 Å². The molecule has 0 amide bonds. The third-order valence-corrected chi connectivity index (χ3v) is 2.25. The fourth-order valence-electron chi connectivity index (χ4n) is 1.48. The first kappa shape index (κ1) is 8.69. The van der Waals surface area contributed by atoms with Gasteiger partial charge in [0, 0.05) is 35.2 Å². The van der Waals surface area contributed by atoms with E-state index < -0.39 is 0 Å². The molecule has 0 bridgehead atoms. The van der Waals surface area contributed by atoms with E-state index in [-0.39, 0.29) is 0 Å². The van der Waals surface area contributed by atoms with E-state index in [1.54, 1.807) is 12.4 Å². The van der Waals surface area contributed by atoms with Gasteiger partial charge < -0.3 is 4.98 Å². The third kappa shape index (κ3) is 1.33. The topological polar surface area (TPSA) is 41.0 Å². The zero-order valence-electron chi connectivity index (χ0n) is 7.99. The van der Waals surface area contributed by atoms with Gasteiger partial charge in [0.05, 0.1) is 0 Å². The van der Waals surface area contributed by atoms with E-state index >= 15 is 0 Å². The van der Waals surface area contributed by atoms with Crippen molar-refractivity contribution in [3.8, 4) is 0 Å². The Morgan fingerprint density at radius 2 is 2.43 bits per heavy atom. The first-order valence-electron chi connectivity index (χ1n) is 4.37. The molecule has 2 rings (SSSR count). The van der Waals surface area contributed by atoms with E-state index in [1.807, 2.05) is 18.3 Å². The molecule has 14 heavy (non-hydrogen) atoms. The van der Waals surface area contributed by atoms with Crippen LogP contribution in [-0.4, -0.2) is 16.7 Å². The number of aromatic amines is 1. The number of fused-ring (bicyclic) bond motifs is 1. The summed E-state index contributed by atoms with van der Waals surface area (Å²) >= 11 is 0. The molecule has 0 atom stereocenters. The minimum absolute atomic E-state index is 1.06. The summed E-state index contributed by atoms with van der Waals surface area (Å²) < 4.78 is 0. The Balaban J connectivity index is 2.62. The van der Waals surface area contributed by atoms with Crippen LogP contribution in [0, 0.1) is 6.92 Å². The van der Waals surface area contributed by atoms with E-state index in [0.717, 1.165) is 16.6 Å². The van der Waals surface area contributed by atoms with Crippen LogP contribution in [-0.2, 0) is 0 Å². The van der Waals surface area contributed by atoms with Crippen LogP contribution in [0.3, 0.4) is 0 Å². The maximum absolute atomic E-state index is 4.09. The first-order chi connectivity index (χ1) is 6.83. The predicted molar refractivity (Wildman–Crippen MR) is 59.4 cm³/mol. The number of aryl methyl sites for hydroxylation is 1. The largest absolute Gasteiger partial charge is 0.355 e. The summed E-state index contributed by atoms with van der Waals surface area (Å²) in [6.45, 7) is 5.46. The van der Waals surface area contributed by atoms with Gasteiger partial charge in [0.2, 0.25) is 0 Å². The number of H-pyrrole nitrogens is 1. The number of hydrogen-bond acceptors (Lipinski definition) is 2. The molecule has 2 aromatic heterocycles. The van der Waals surface area contributed by atoms with Gasteiger partial charge in [-0.05, 0) is 31.3 Å². The monoisotopic (exact) mass is 185 g/mol. The quantitative estimate of drug-likeness (QED) is 0.717. The smallest absolute Gasteiger partial charge is 0.0492 e. The molecular formula is C11H11N3. The number of pyridine rings is 1. The molecule has 0 aromatic carbocycles. The summed E-state index contributed by atoms with van der Waals surface area (Å²) in [5.74, 6) is 0. The second-order valence-corrected chi connectivity index (χ2v) is 3.08. The predicted octanol–water partition coefficient (Wildman–Crippen LogP) is 2.54. The SMILES string of the molecule is C=N/C=C\c1[nH]c2ccncc2c1C. The van der Waals surface area contributed by atoms with Crippen molar-refractivity contribution >= 4 is 23.7 Å². The van der Waals surface area contributed by atoms with Gasteiger partial charge in [-0.2, -0.15) is 0 Å². The lowest BCUT2D eigenvalue weighted by molar-refractivity contribution is 1.35. The molecule has 70 valence electrons. The second kappa shape index (κ2) is 3.46. The highest BCUT2D eigenvalue weighted by atomic mass is 14.7. The van der Waals surface area contributed by atoms with Gasteiger partial charge in [0.25, 0.3) is 0 Å². The summed E-state index contributed by atoms with van der Waals surface area (Å²) in [6, 6.07) is 1.96. The summed E-state index contributed by atoms with van der Waals surface area (Å²) in [4.78, 5) is 11.0. The number of nitrogens with zero attached hydrogens (tertiary/aromatic N) is 2. The van der Waals surface area contributed by atoms with E-state index in [2.05, 4.69) is 28.6 Å². The summed E-state index contributed by atoms with van der Waals surface area (Å²) in [7, 11) is 0. The van der Waals surface area contributed by atoms with Gasteiger partial charge in [-0.3, -0.25) is 9.98 Å². The number of hydrogen-bond donors (Lipinski definition) is 1. The lowest BCUT2D eigenvalue weighted by atomic mass is 10.2. The number of rotatable bonds is 2. The van der Waals surface area contributed by atoms with Crippen molar-refractivity contribution in [2.24, 2.45) is 4.99 Å². The van der Waals surface area contributed by atoms with Crippen LogP contribution < -0.4 is 0 Å². The number of nitrogens with one attached hydrogen (secondary N) is 1. The van der Waals surface area contributed by atoms with E-state index in [4.69, 9.17) is 0 Å². The molecule has 0 aliphatic carbocycles. The third-order valence-electron chi connectivity index (χ3n) is 2.25. The van der Waals surface area contributed by atoms with E-state index in [9.17, 15) is 0 Å². The molecule has 0 unspecified atom stereocenters. The maximum atomic E-state index is 4.09. The van der Waals surface area contributed by atoms with Gasteiger partial charge in [0.15, 0.2) is 0 Å². The van der Waals surface area contributed by atoms with Crippen LogP contribution in [0.15, 0.2) is 29.7 Å². The summed E-state index contributed by atoms with van der Waals surface area (Å²) in [6.07, 6.45) is 7.21. The number of aliphatic imine (C=N–C) groups is 1. The molecule has 1 N–H and O–H groups in total. The molecule has 3 nitrogen and oxygen atoms in total. The molecular weight excluding hydrogens is 174 g/mol. The van der Waals surface area contributed by atoms with E-state index in [1.165, 1.54) is 5.56 Å². The minimum Gasteiger partial charge on any atom is -0.355 e. The normalized spacial score (nSPS) is 11.2. The van der Waals surface area contributed by atoms with Crippen LogP contribution >= 0.6 is 0 Å². The molecule has 0 aliphatic heterocycles. The van der Waals surface area contributed by atoms with Crippen molar-refractivity contribution in [1.29, 1.82) is 0 Å². The van der Waals surface area contributed by atoms with Crippen molar-refractivity contribution in [3.05, 3.63) is 35.9 Å². The fraction of sp³-hybridized carbons (Fsp3) is 0.0909. The van der Waals surface area contributed by atoms with Crippen LogP contribution in [0.2, 0.25) is 0 Å². The van der Waals surface area contributed by atoms with Gasteiger partial charge in [-0.15, -0.1) is 0 Å². The standard InChI is InChI=1S/C11H11N3/c1-8-9-7-13-6-4-11(9)14-10(8)3-5-12-2/h3-7,14H,2H2,1H3/b5-3-. The molecule has 3 heteroatoms. The first-order valence-corrected chi connectivity index (χ1v) is 4.37. The van der Waals surface area contributed by atoms with Crippen molar-refractivity contribution in [1.82, 2.24) is 9.97 Å².